The van der Waals surface area contributed by atoms with Crippen LogP contribution >= 0.6 is 0 Å². The number of aromatic amines is 1. The van der Waals surface area contributed by atoms with Crippen molar-refractivity contribution >= 4 is 33.9 Å². The molecule has 8 rings (SSSR count). The highest BCUT2D eigenvalue weighted by atomic mass is 19.1. The van der Waals surface area contributed by atoms with Crippen molar-refractivity contribution in [2.45, 2.75) is 25.3 Å². The first kappa shape index (κ1) is 25.2. The number of amides is 2. The molecule has 12 heteroatoms. The zero-order chi connectivity index (χ0) is 28.6. The van der Waals surface area contributed by atoms with E-state index in [2.05, 4.69) is 25.7 Å². The van der Waals surface area contributed by atoms with Gasteiger partial charge in [-0.05, 0) is 42.9 Å². The van der Waals surface area contributed by atoms with Gasteiger partial charge in [0.2, 0.25) is 11.9 Å². The van der Waals surface area contributed by atoms with Crippen molar-refractivity contribution < 1.29 is 14.0 Å². The van der Waals surface area contributed by atoms with Crippen LogP contribution in [0.25, 0.3) is 44.5 Å². The van der Waals surface area contributed by atoms with E-state index < -0.39 is 11.9 Å². The first-order valence-electron chi connectivity index (χ1n) is 13.7. The minimum atomic E-state index is -0.636. The number of pyridine rings is 1. The molecule has 1 fully saturated rings. The normalized spacial score (nSPS) is 20.5. The minimum absolute atomic E-state index is 0.0302. The van der Waals surface area contributed by atoms with Crippen LogP contribution in [0.5, 0.6) is 0 Å². The van der Waals surface area contributed by atoms with Gasteiger partial charge in [-0.3, -0.25) is 23.4 Å². The predicted octanol–water partition coefficient (Wildman–Crippen LogP) is 2.87. The SMILES string of the molecule is CNC(=O)C1CNC(=O)c2ccc(cc2)-c2c(-c3cn(C)nc3F)[nH]c3ncc4c(c23)n(c(=O)n4C)[C@@H]2CC[C@@H]1C2. The van der Waals surface area contributed by atoms with E-state index >= 15 is 4.39 Å². The number of rotatable bonds is 2. The van der Waals surface area contributed by atoms with Crippen LogP contribution in [0.1, 0.15) is 35.7 Å². The summed E-state index contributed by atoms with van der Waals surface area (Å²) in [7, 11) is 4.97. The van der Waals surface area contributed by atoms with Gasteiger partial charge in [0.15, 0.2) is 0 Å². The molecule has 3 atom stereocenters. The standard InChI is InChI=1S/C29H29FN8O3/c1-31-28(40)18-11-33-27(39)15-6-4-14(5-7-15)21-22-24-20(37(3)29(41)38(24)17-9-8-16(18)10-17)12-32-26(22)34-23(21)19-13-36(2)35-25(19)30/h4-7,12-13,16-18H,8-11H2,1-3H3,(H,31,40)(H,32,34)(H,33,39)/t16-,17-,18?/m1/s1. The van der Waals surface area contributed by atoms with Crippen LogP contribution < -0.4 is 16.3 Å². The van der Waals surface area contributed by atoms with Crippen molar-refractivity contribution in [3.63, 3.8) is 0 Å². The number of imidazole rings is 1. The Morgan fingerprint density at radius 2 is 1.88 bits per heavy atom. The van der Waals surface area contributed by atoms with Gasteiger partial charge in [-0.2, -0.15) is 4.39 Å². The van der Waals surface area contributed by atoms with Gasteiger partial charge >= 0.3 is 5.69 Å². The number of aromatic nitrogens is 6. The Morgan fingerprint density at radius 1 is 1.12 bits per heavy atom. The van der Waals surface area contributed by atoms with Crippen LogP contribution in [0.2, 0.25) is 0 Å². The topological polar surface area (TPSA) is 132 Å². The monoisotopic (exact) mass is 556 g/mol. The molecule has 5 aromatic rings. The Kier molecular flexibility index (Phi) is 5.63. The summed E-state index contributed by atoms with van der Waals surface area (Å²) < 4.78 is 19.9. The molecule has 2 amide bonds. The quantitative estimate of drug-likeness (QED) is 0.308. The fraction of sp³-hybridized carbons (Fsp3) is 0.345. The van der Waals surface area contributed by atoms with Gasteiger partial charge in [-0.15, -0.1) is 5.10 Å². The first-order chi connectivity index (χ1) is 19.8. The number of hydrogen-bond acceptors (Lipinski definition) is 5. The van der Waals surface area contributed by atoms with Crippen LogP contribution in [0.3, 0.4) is 0 Å². The van der Waals surface area contributed by atoms with Crippen LogP contribution in [0.4, 0.5) is 4.39 Å². The van der Waals surface area contributed by atoms with Crippen LogP contribution in [0.15, 0.2) is 41.5 Å². The van der Waals surface area contributed by atoms with E-state index in [1.807, 2.05) is 16.7 Å². The van der Waals surface area contributed by atoms with Gasteiger partial charge < -0.3 is 15.6 Å². The molecule has 0 radical (unpaired) electrons. The molecule has 1 saturated carbocycles. The molecule has 41 heavy (non-hydrogen) atoms. The number of carbonyl (C=O) groups is 2. The summed E-state index contributed by atoms with van der Waals surface area (Å²) in [6, 6.07) is 6.86. The van der Waals surface area contributed by atoms with Gasteiger partial charge in [0.05, 0.1) is 39.8 Å². The molecular weight excluding hydrogens is 527 g/mol. The molecule has 4 aromatic heterocycles. The van der Waals surface area contributed by atoms with Gasteiger partial charge in [-0.1, -0.05) is 12.1 Å². The van der Waals surface area contributed by atoms with Crippen molar-refractivity contribution in [3.05, 3.63) is 58.7 Å². The van der Waals surface area contributed by atoms with Gasteiger partial charge in [0.25, 0.3) is 5.91 Å². The zero-order valence-corrected chi connectivity index (χ0v) is 22.9. The molecule has 6 heterocycles. The lowest BCUT2D eigenvalue weighted by Gasteiger charge is -2.23. The van der Waals surface area contributed by atoms with Crippen LogP contribution in [-0.4, -0.2) is 54.3 Å². The lowest BCUT2D eigenvalue weighted by Crippen LogP contribution is -2.41. The summed E-state index contributed by atoms with van der Waals surface area (Å²) in [6.07, 6.45) is 5.30. The van der Waals surface area contributed by atoms with Crippen LogP contribution in [-0.2, 0) is 18.9 Å². The highest BCUT2D eigenvalue weighted by molar-refractivity contribution is 6.14. The average molecular weight is 557 g/mol. The summed E-state index contributed by atoms with van der Waals surface area (Å²) >= 11 is 0. The Labute approximate surface area is 233 Å². The molecule has 2 aliphatic heterocycles. The number of hydrogen-bond donors (Lipinski definition) is 3. The number of nitrogens with zero attached hydrogens (tertiary/aromatic N) is 5. The minimum Gasteiger partial charge on any atom is -0.359 e. The number of H-pyrrole nitrogens is 1. The molecular formula is C29H29FN8O3. The van der Waals surface area contributed by atoms with E-state index in [0.29, 0.717) is 51.7 Å². The number of halogens is 1. The average Bonchev–Trinajstić information content (AvgIpc) is 3.72. The fourth-order valence-electron chi connectivity index (χ4n) is 6.78. The molecule has 1 aromatic carbocycles. The Balaban J connectivity index is 1.57. The summed E-state index contributed by atoms with van der Waals surface area (Å²) in [4.78, 5) is 47.8. The smallest absolute Gasteiger partial charge is 0.329 e. The maximum absolute atomic E-state index is 15.1. The van der Waals surface area contributed by atoms with E-state index in [0.717, 1.165) is 12.0 Å². The number of aryl methyl sites for hydroxylation is 2. The highest BCUT2D eigenvalue weighted by Gasteiger charge is 2.38. The van der Waals surface area contributed by atoms with E-state index in [4.69, 9.17) is 0 Å². The van der Waals surface area contributed by atoms with E-state index in [1.165, 1.54) is 4.68 Å². The van der Waals surface area contributed by atoms with Crippen molar-refractivity contribution in [1.29, 1.82) is 0 Å². The lowest BCUT2D eigenvalue weighted by molar-refractivity contribution is -0.125. The second-order valence-corrected chi connectivity index (χ2v) is 11.0. The Bertz CT molecular complexity index is 1930. The second-order valence-electron chi connectivity index (χ2n) is 11.0. The van der Waals surface area contributed by atoms with Crippen LogP contribution in [0, 0.1) is 17.8 Å². The van der Waals surface area contributed by atoms with Gasteiger partial charge in [0, 0.05) is 51.1 Å². The second kappa shape index (κ2) is 9.15. The molecule has 11 nitrogen and oxygen atoms in total. The number of nitrogens with one attached hydrogen (secondary N) is 3. The molecule has 1 aliphatic carbocycles. The number of carbonyl (C=O) groups excluding carboxylic acids is 2. The van der Waals surface area contributed by atoms with Crippen molar-refractivity contribution in [2.24, 2.45) is 25.9 Å². The summed E-state index contributed by atoms with van der Waals surface area (Å²) in [5, 5.41) is 10.3. The number of fused-ring (bicyclic) bond motifs is 5. The molecule has 4 bridgehead atoms. The maximum Gasteiger partial charge on any atom is 0.329 e. The van der Waals surface area contributed by atoms with Gasteiger partial charge in [0.1, 0.15) is 5.65 Å². The fourth-order valence-corrected chi connectivity index (χ4v) is 6.78. The van der Waals surface area contributed by atoms with Crippen molar-refractivity contribution in [3.8, 4) is 22.4 Å². The zero-order valence-electron chi connectivity index (χ0n) is 22.9. The van der Waals surface area contributed by atoms with Gasteiger partial charge in [-0.25, -0.2) is 9.78 Å². The third-order valence-electron chi connectivity index (χ3n) is 8.81. The lowest BCUT2D eigenvalue weighted by atomic mass is 9.89. The molecule has 0 saturated heterocycles. The third kappa shape index (κ3) is 3.73. The van der Waals surface area contributed by atoms with Crippen molar-refractivity contribution in [1.82, 2.24) is 39.5 Å². The van der Waals surface area contributed by atoms with Crippen molar-refractivity contribution in [2.75, 3.05) is 13.6 Å². The number of benzene rings is 1. The molecule has 3 N–H and O–H groups in total. The van der Waals surface area contributed by atoms with E-state index in [9.17, 15) is 14.4 Å². The molecule has 0 spiro atoms. The largest absolute Gasteiger partial charge is 0.359 e. The van der Waals surface area contributed by atoms with E-state index in [-0.39, 0.29) is 41.6 Å². The summed E-state index contributed by atoms with van der Waals surface area (Å²) in [6.45, 7) is 0.195. The Hall–Kier alpha value is -4.74. The molecule has 3 aliphatic rings. The third-order valence-corrected chi connectivity index (χ3v) is 8.81. The first-order valence-corrected chi connectivity index (χ1v) is 13.7. The summed E-state index contributed by atoms with van der Waals surface area (Å²) in [5.74, 6) is -1.52. The summed E-state index contributed by atoms with van der Waals surface area (Å²) in [5.41, 5.74) is 4.29. The molecule has 1 unspecified atom stereocenters. The maximum atomic E-state index is 15.1. The molecule has 210 valence electrons. The Morgan fingerprint density at radius 3 is 2.59 bits per heavy atom. The predicted molar refractivity (Wildman–Crippen MR) is 151 cm³/mol. The highest BCUT2D eigenvalue weighted by Crippen LogP contribution is 2.44. The van der Waals surface area contributed by atoms with E-state index in [1.54, 1.807) is 50.2 Å².